The topological polar surface area (TPSA) is 78.4 Å². The number of nitrogens with one attached hydrogen (secondary N) is 1. The smallest absolute Gasteiger partial charge is 0.273 e. The Balaban J connectivity index is 2.13. The summed E-state index contributed by atoms with van der Waals surface area (Å²) >= 11 is 0. The van der Waals surface area contributed by atoms with Crippen molar-refractivity contribution in [3.8, 4) is 17.2 Å². The van der Waals surface area contributed by atoms with Gasteiger partial charge in [0.1, 0.15) is 0 Å². The molecule has 0 saturated carbocycles. The summed E-state index contributed by atoms with van der Waals surface area (Å²) in [6.45, 7) is 0. The molecule has 0 saturated heterocycles. The first-order chi connectivity index (χ1) is 12.6. The predicted molar refractivity (Wildman–Crippen MR) is 98.0 cm³/mol. The maximum Gasteiger partial charge on any atom is 0.273 e. The quantitative estimate of drug-likeness (QED) is 0.580. The largest absolute Gasteiger partial charge is 0.493 e. The van der Waals surface area contributed by atoms with E-state index in [-0.39, 0.29) is 5.91 Å². The SMILES string of the molecule is COc1cc(/C=N\NC(=O)[C@@H](OC)c2ccccc2)cc(OC)c1OC. The second-order valence-electron chi connectivity index (χ2n) is 5.22. The second-order valence-corrected chi connectivity index (χ2v) is 5.22. The van der Waals surface area contributed by atoms with Crippen LogP contribution in [0.15, 0.2) is 47.6 Å². The Morgan fingerprint density at radius 2 is 1.62 bits per heavy atom. The predicted octanol–water partition coefficient (Wildman–Crippen LogP) is 2.55. The van der Waals surface area contributed by atoms with Crippen LogP contribution in [-0.2, 0) is 9.53 Å². The number of hydrogen-bond donors (Lipinski definition) is 1. The van der Waals surface area contributed by atoms with E-state index in [0.29, 0.717) is 22.8 Å². The molecule has 0 spiro atoms. The van der Waals surface area contributed by atoms with E-state index in [1.165, 1.54) is 34.7 Å². The number of hydrogen-bond acceptors (Lipinski definition) is 6. The van der Waals surface area contributed by atoms with Crippen molar-refractivity contribution in [2.75, 3.05) is 28.4 Å². The first-order valence-corrected chi connectivity index (χ1v) is 7.85. The molecular weight excluding hydrogens is 336 g/mol. The van der Waals surface area contributed by atoms with Crippen LogP contribution in [0.4, 0.5) is 0 Å². The lowest BCUT2D eigenvalue weighted by atomic mass is 10.1. The van der Waals surface area contributed by atoms with E-state index in [1.807, 2.05) is 30.3 Å². The van der Waals surface area contributed by atoms with Gasteiger partial charge >= 0.3 is 0 Å². The van der Waals surface area contributed by atoms with Gasteiger partial charge in [-0.2, -0.15) is 5.10 Å². The van der Waals surface area contributed by atoms with Crippen LogP contribution < -0.4 is 19.6 Å². The molecule has 0 aliphatic heterocycles. The molecule has 2 rings (SSSR count). The fourth-order valence-corrected chi connectivity index (χ4v) is 2.43. The third-order valence-electron chi connectivity index (χ3n) is 3.65. The highest BCUT2D eigenvalue weighted by atomic mass is 16.5. The summed E-state index contributed by atoms with van der Waals surface area (Å²) in [5.41, 5.74) is 3.90. The van der Waals surface area contributed by atoms with E-state index in [4.69, 9.17) is 18.9 Å². The molecule has 2 aromatic rings. The summed E-state index contributed by atoms with van der Waals surface area (Å²) in [5.74, 6) is 1.11. The van der Waals surface area contributed by atoms with Crippen LogP contribution in [0.2, 0.25) is 0 Å². The van der Waals surface area contributed by atoms with Crippen LogP contribution >= 0.6 is 0 Å². The number of ether oxygens (including phenoxy) is 4. The number of methoxy groups -OCH3 is 4. The van der Waals surface area contributed by atoms with E-state index >= 15 is 0 Å². The van der Waals surface area contributed by atoms with Gasteiger partial charge in [0.15, 0.2) is 17.6 Å². The number of benzene rings is 2. The molecule has 1 N–H and O–H groups in total. The average Bonchev–Trinajstić information content (AvgIpc) is 2.68. The summed E-state index contributed by atoms with van der Waals surface area (Å²) < 4.78 is 21.1. The number of hydrazone groups is 1. The molecule has 0 heterocycles. The standard InChI is InChI=1S/C19H22N2O5/c1-23-15-10-13(11-16(24-2)18(15)26-4)12-20-21-19(22)17(25-3)14-8-6-5-7-9-14/h5-12,17H,1-4H3,(H,21,22)/b20-12-/t17-/m0/s1. The molecule has 0 bridgehead atoms. The second kappa shape index (κ2) is 9.43. The van der Waals surface area contributed by atoms with Crippen molar-refractivity contribution < 1.29 is 23.7 Å². The fourth-order valence-electron chi connectivity index (χ4n) is 2.43. The molecule has 0 aliphatic rings. The number of amides is 1. The Hall–Kier alpha value is -3.06. The molecule has 0 fully saturated rings. The lowest BCUT2D eigenvalue weighted by Gasteiger charge is -2.14. The lowest BCUT2D eigenvalue weighted by Crippen LogP contribution is -2.26. The van der Waals surface area contributed by atoms with Crippen LogP contribution in [0, 0.1) is 0 Å². The van der Waals surface area contributed by atoms with Crippen LogP contribution in [0.25, 0.3) is 0 Å². The van der Waals surface area contributed by atoms with Crippen LogP contribution in [0.5, 0.6) is 17.2 Å². The van der Waals surface area contributed by atoms with Gasteiger partial charge in [0.2, 0.25) is 5.75 Å². The molecule has 1 amide bonds. The summed E-state index contributed by atoms with van der Waals surface area (Å²) in [4.78, 5) is 12.3. The Morgan fingerprint density at radius 1 is 1.00 bits per heavy atom. The zero-order valence-electron chi connectivity index (χ0n) is 15.2. The van der Waals surface area contributed by atoms with Crippen molar-refractivity contribution in [1.29, 1.82) is 0 Å². The molecule has 138 valence electrons. The Morgan fingerprint density at radius 3 is 2.12 bits per heavy atom. The molecule has 7 nitrogen and oxygen atoms in total. The zero-order chi connectivity index (χ0) is 18.9. The van der Waals surface area contributed by atoms with Gasteiger partial charge in [0.25, 0.3) is 5.91 Å². The van der Waals surface area contributed by atoms with Crippen molar-refractivity contribution in [3.05, 3.63) is 53.6 Å². The Kier molecular flexibility index (Phi) is 6.99. The molecule has 0 radical (unpaired) electrons. The molecule has 2 aromatic carbocycles. The minimum Gasteiger partial charge on any atom is -0.493 e. The molecule has 7 heteroatoms. The highest BCUT2D eigenvalue weighted by Gasteiger charge is 2.19. The molecule has 26 heavy (non-hydrogen) atoms. The van der Waals surface area contributed by atoms with E-state index in [2.05, 4.69) is 10.5 Å². The number of nitrogens with zero attached hydrogens (tertiary/aromatic N) is 1. The summed E-state index contributed by atoms with van der Waals surface area (Å²) in [6, 6.07) is 12.6. The minimum absolute atomic E-state index is 0.373. The fraction of sp³-hybridized carbons (Fsp3) is 0.263. The number of rotatable bonds is 8. The summed E-state index contributed by atoms with van der Waals surface area (Å²) in [5, 5.41) is 3.99. The summed E-state index contributed by atoms with van der Waals surface area (Å²) in [7, 11) is 6.06. The van der Waals surface area contributed by atoms with E-state index < -0.39 is 6.10 Å². The maximum atomic E-state index is 12.3. The minimum atomic E-state index is -0.742. The maximum absolute atomic E-state index is 12.3. The van der Waals surface area contributed by atoms with Crippen molar-refractivity contribution in [2.45, 2.75) is 6.10 Å². The van der Waals surface area contributed by atoms with E-state index in [1.54, 1.807) is 12.1 Å². The van der Waals surface area contributed by atoms with Gasteiger partial charge in [-0.15, -0.1) is 0 Å². The average molecular weight is 358 g/mol. The van der Waals surface area contributed by atoms with Crippen LogP contribution in [0.1, 0.15) is 17.2 Å². The zero-order valence-corrected chi connectivity index (χ0v) is 15.2. The third kappa shape index (κ3) is 4.52. The van der Waals surface area contributed by atoms with Gasteiger partial charge in [-0.25, -0.2) is 5.43 Å². The molecule has 0 unspecified atom stereocenters. The Labute approximate surface area is 152 Å². The first kappa shape index (κ1) is 19.3. The van der Waals surface area contributed by atoms with Crippen molar-refractivity contribution in [3.63, 3.8) is 0 Å². The number of carbonyl (C=O) groups excluding carboxylic acids is 1. The van der Waals surface area contributed by atoms with Gasteiger partial charge in [-0.05, 0) is 17.7 Å². The van der Waals surface area contributed by atoms with Crippen molar-refractivity contribution in [1.82, 2.24) is 5.43 Å². The van der Waals surface area contributed by atoms with Crippen molar-refractivity contribution in [2.24, 2.45) is 5.10 Å². The van der Waals surface area contributed by atoms with E-state index in [0.717, 1.165) is 5.56 Å². The highest BCUT2D eigenvalue weighted by molar-refractivity contribution is 5.86. The van der Waals surface area contributed by atoms with Gasteiger partial charge in [0.05, 0.1) is 27.5 Å². The molecule has 0 aliphatic carbocycles. The van der Waals surface area contributed by atoms with Crippen molar-refractivity contribution >= 4 is 12.1 Å². The summed E-state index contributed by atoms with van der Waals surface area (Å²) in [6.07, 6.45) is 0.744. The van der Waals surface area contributed by atoms with Gasteiger partial charge in [-0.1, -0.05) is 30.3 Å². The monoisotopic (exact) mass is 358 g/mol. The number of carbonyl (C=O) groups is 1. The first-order valence-electron chi connectivity index (χ1n) is 7.85. The normalized spacial score (nSPS) is 11.8. The third-order valence-corrected chi connectivity index (χ3v) is 3.65. The highest BCUT2D eigenvalue weighted by Crippen LogP contribution is 2.37. The molecule has 1 atom stereocenters. The lowest BCUT2D eigenvalue weighted by molar-refractivity contribution is -0.131. The molecule has 0 aromatic heterocycles. The van der Waals surface area contributed by atoms with Gasteiger partial charge in [-0.3, -0.25) is 4.79 Å². The van der Waals surface area contributed by atoms with Gasteiger partial charge < -0.3 is 18.9 Å². The van der Waals surface area contributed by atoms with Crippen LogP contribution in [0.3, 0.4) is 0 Å². The van der Waals surface area contributed by atoms with E-state index in [9.17, 15) is 4.79 Å². The van der Waals surface area contributed by atoms with Crippen LogP contribution in [-0.4, -0.2) is 40.6 Å². The van der Waals surface area contributed by atoms with Gasteiger partial charge in [0, 0.05) is 12.7 Å². The molecular formula is C19H22N2O5. The Bertz CT molecular complexity index is 737.